The Morgan fingerprint density at radius 2 is 2.20 bits per heavy atom. The summed E-state index contributed by atoms with van der Waals surface area (Å²) in [5.74, 6) is 0.688. The Morgan fingerprint density at radius 1 is 1.40 bits per heavy atom. The van der Waals surface area contributed by atoms with Gasteiger partial charge in [0.2, 0.25) is 0 Å². The molecular formula is C15H19NO4. The van der Waals surface area contributed by atoms with Crippen LogP contribution in [0.4, 0.5) is 0 Å². The van der Waals surface area contributed by atoms with E-state index in [0.717, 1.165) is 24.0 Å². The second-order valence-corrected chi connectivity index (χ2v) is 5.20. The maximum atomic E-state index is 12.0. The zero-order valence-electron chi connectivity index (χ0n) is 11.4. The van der Waals surface area contributed by atoms with Gasteiger partial charge in [-0.1, -0.05) is 6.07 Å². The third-order valence-corrected chi connectivity index (χ3v) is 3.89. The number of aryl methyl sites for hydroxylation is 1. The van der Waals surface area contributed by atoms with Crippen LogP contribution in [0.25, 0.3) is 0 Å². The first-order chi connectivity index (χ1) is 9.74. The van der Waals surface area contributed by atoms with Gasteiger partial charge in [-0.05, 0) is 36.1 Å². The van der Waals surface area contributed by atoms with Crippen molar-refractivity contribution in [3.05, 3.63) is 29.3 Å². The number of aliphatic hydroxyl groups is 1. The molecular weight excluding hydrogens is 258 g/mol. The summed E-state index contributed by atoms with van der Waals surface area (Å²) >= 11 is 0. The molecule has 1 atom stereocenters. The van der Waals surface area contributed by atoms with Gasteiger partial charge in [-0.3, -0.25) is 4.79 Å². The molecule has 1 fully saturated rings. The number of morpholine rings is 1. The van der Waals surface area contributed by atoms with Crippen molar-refractivity contribution >= 4 is 5.91 Å². The van der Waals surface area contributed by atoms with Crippen LogP contribution in [-0.4, -0.2) is 48.8 Å². The molecule has 0 aromatic heterocycles. The first-order valence-corrected chi connectivity index (χ1v) is 7.03. The minimum atomic E-state index is -0.353. The summed E-state index contributed by atoms with van der Waals surface area (Å²) in [5.41, 5.74) is 2.10. The van der Waals surface area contributed by atoms with Crippen molar-refractivity contribution in [2.75, 3.05) is 32.9 Å². The fraction of sp³-hybridized carbons (Fsp3) is 0.533. The Labute approximate surface area is 118 Å². The maximum Gasteiger partial charge on any atom is 0.260 e. The molecule has 1 aromatic rings. The zero-order chi connectivity index (χ0) is 13.9. The molecule has 1 aromatic carbocycles. The Morgan fingerprint density at radius 3 is 3.00 bits per heavy atom. The van der Waals surface area contributed by atoms with Crippen LogP contribution in [0.3, 0.4) is 0 Å². The summed E-state index contributed by atoms with van der Waals surface area (Å²) in [7, 11) is 0. The molecule has 1 amide bonds. The molecule has 5 heteroatoms. The van der Waals surface area contributed by atoms with Gasteiger partial charge < -0.3 is 19.5 Å². The van der Waals surface area contributed by atoms with E-state index in [4.69, 9.17) is 9.47 Å². The van der Waals surface area contributed by atoms with Gasteiger partial charge in [0.05, 0.1) is 19.3 Å². The first kappa shape index (κ1) is 13.4. The third kappa shape index (κ3) is 2.78. The van der Waals surface area contributed by atoms with Crippen LogP contribution in [0.2, 0.25) is 0 Å². The number of hydrogen-bond donors (Lipinski definition) is 1. The predicted octanol–water partition coefficient (Wildman–Crippen LogP) is 0.904. The van der Waals surface area contributed by atoms with E-state index in [2.05, 4.69) is 0 Å². The SMILES string of the molecule is O=C(COc1ccc2c(c1)CCC2O)N1CCOCC1. The topological polar surface area (TPSA) is 59.0 Å². The third-order valence-electron chi connectivity index (χ3n) is 3.89. The summed E-state index contributed by atoms with van der Waals surface area (Å²) in [5, 5.41) is 9.75. The van der Waals surface area contributed by atoms with Gasteiger partial charge in [0.15, 0.2) is 6.61 Å². The second kappa shape index (κ2) is 5.81. The van der Waals surface area contributed by atoms with Gasteiger partial charge in [0.1, 0.15) is 5.75 Å². The molecule has 0 bridgehead atoms. The number of benzene rings is 1. The molecule has 3 rings (SSSR count). The number of fused-ring (bicyclic) bond motifs is 1. The number of ether oxygens (including phenoxy) is 2. The highest BCUT2D eigenvalue weighted by Crippen LogP contribution is 2.33. The lowest BCUT2D eigenvalue weighted by atomic mass is 10.1. The lowest BCUT2D eigenvalue weighted by Crippen LogP contribution is -2.42. The van der Waals surface area contributed by atoms with E-state index in [1.54, 1.807) is 4.90 Å². The van der Waals surface area contributed by atoms with E-state index < -0.39 is 0 Å². The van der Waals surface area contributed by atoms with E-state index in [0.29, 0.717) is 32.1 Å². The maximum absolute atomic E-state index is 12.0. The number of aliphatic hydroxyl groups excluding tert-OH is 1. The number of nitrogens with zero attached hydrogens (tertiary/aromatic N) is 1. The van der Waals surface area contributed by atoms with Gasteiger partial charge in [0.25, 0.3) is 5.91 Å². The minimum Gasteiger partial charge on any atom is -0.484 e. The molecule has 1 saturated heterocycles. The standard InChI is InChI=1S/C15H19NO4/c17-14-4-1-11-9-12(2-3-13(11)14)20-10-15(18)16-5-7-19-8-6-16/h2-3,9,14,17H,1,4-8,10H2. The van der Waals surface area contributed by atoms with Gasteiger partial charge >= 0.3 is 0 Å². The highest BCUT2D eigenvalue weighted by molar-refractivity contribution is 5.77. The Bertz CT molecular complexity index is 497. The predicted molar refractivity (Wildman–Crippen MR) is 72.6 cm³/mol. The molecule has 1 aliphatic carbocycles. The molecule has 108 valence electrons. The lowest BCUT2D eigenvalue weighted by Gasteiger charge is -2.26. The molecule has 2 aliphatic rings. The zero-order valence-corrected chi connectivity index (χ0v) is 11.4. The van der Waals surface area contributed by atoms with Crippen LogP contribution in [0.1, 0.15) is 23.7 Å². The Kier molecular flexibility index (Phi) is 3.89. The van der Waals surface area contributed by atoms with Crippen LogP contribution in [0, 0.1) is 0 Å². The molecule has 0 radical (unpaired) electrons. The normalized spacial score (nSPS) is 21.6. The summed E-state index contributed by atoms with van der Waals surface area (Å²) in [6, 6.07) is 5.64. The number of rotatable bonds is 3. The summed E-state index contributed by atoms with van der Waals surface area (Å²) in [6.45, 7) is 2.53. The first-order valence-electron chi connectivity index (χ1n) is 7.03. The second-order valence-electron chi connectivity index (χ2n) is 5.20. The lowest BCUT2D eigenvalue weighted by molar-refractivity contribution is -0.137. The largest absolute Gasteiger partial charge is 0.484 e. The fourth-order valence-electron chi connectivity index (χ4n) is 2.71. The van der Waals surface area contributed by atoms with Crippen molar-refractivity contribution in [3.8, 4) is 5.75 Å². The van der Waals surface area contributed by atoms with Gasteiger partial charge in [-0.2, -0.15) is 0 Å². The van der Waals surface area contributed by atoms with Crippen molar-refractivity contribution in [3.63, 3.8) is 0 Å². The highest BCUT2D eigenvalue weighted by atomic mass is 16.5. The molecule has 20 heavy (non-hydrogen) atoms. The fourth-order valence-corrected chi connectivity index (χ4v) is 2.71. The van der Waals surface area contributed by atoms with E-state index in [9.17, 15) is 9.90 Å². The Hall–Kier alpha value is -1.59. The van der Waals surface area contributed by atoms with Gasteiger partial charge in [0, 0.05) is 13.1 Å². The quantitative estimate of drug-likeness (QED) is 0.892. The van der Waals surface area contributed by atoms with Crippen LogP contribution in [0.15, 0.2) is 18.2 Å². The smallest absolute Gasteiger partial charge is 0.260 e. The van der Waals surface area contributed by atoms with Crippen molar-refractivity contribution in [2.24, 2.45) is 0 Å². The van der Waals surface area contributed by atoms with Crippen LogP contribution >= 0.6 is 0 Å². The minimum absolute atomic E-state index is 0.00571. The molecule has 5 nitrogen and oxygen atoms in total. The van der Waals surface area contributed by atoms with Crippen molar-refractivity contribution < 1.29 is 19.4 Å². The van der Waals surface area contributed by atoms with E-state index in [-0.39, 0.29) is 18.6 Å². The van der Waals surface area contributed by atoms with Crippen LogP contribution in [0.5, 0.6) is 5.75 Å². The van der Waals surface area contributed by atoms with Crippen LogP contribution in [-0.2, 0) is 16.0 Å². The number of carbonyl (C=O) groups excluding carboxylic acids is 1. The Balaban J connectivity index is 1.57. The van der Waals surface area contributed by atoms with Crippen LogP contribution < -0.4 is 4.74 Å². The number of carbonyl (C=O) groups is 1. The summed E-state index contributed by atoms with van der Waals surface area (Å²) in [4.78, 5) is 13.7. The van der Waals surface area contributed by atoms with Crippen molar-refractivity contribution in [2.45, 2.75) is 18.9 Å². The monoisotopic (exact) mass is 277 g/mol. The van der Waals surface area contributed by atoms with Crippen molar-refractivity contribution in [1.82, 2.24) is 4.90 Å². The molecule has 0 spiro atoms. The van der Waals surface area contributed by atoms with E-state index in [1.807, 2.05) is 18.2 Å². The van der Waals surface area contributed by atoms with Crippen molar-refractivity contribution in [1.29, 1.82) is 0 Å². The summed E-state index contributed by atoms with van der Waals surface area (Å²) in [6.07, 6.45) is 1.28. The number of hydrogen-bond acceptors (Lipinski definition) is 4. The molecule has 1 aliphatic heterocycles. The number of amides is 1. The van der Waals surface area contributed by atoms with Gasteiger partial charge in [-0.25, -0.2) is 0 Å². The molecule has 1 heterocycles. The average Bonchev–Trinajstić information content (AvgIpc) is 2.87. The van der Waals surface area contributed by atoms with Gasteiger partial charge in [-0.15, -0.1) is 0 Å². The van der Waals surface area contributed by atoms with E-state index in [1.165, 1.54) is 0 Å². The molecule has 0 saturated carbocycles. The molecule has 1 N–H and O–H groups in total. The summed E-state index contributed by atoms with van der Waals surface area (Å²) < 4.78 is 10.8. The molecule has 1 unspecified atom stereocenters. The van der Waals surface area contributed by atoms with E-state index >= 15 is 0 Å². The average molecular weight is 277 g/mol. The highest BCUT2D eigenvalue weighted by Gasteiger charge is 2.21.